The first-order chi connectivity index (χ1) is 13.7. The summed E-state index contributed by atoms with van der Waals surface area (Å²) in [7, 11) is 0. The highest BCUT2D eigenvalue weighted by Gasteiger charge is 2.20. The molecule has 2 heterocycles. The van der Waals surface area contributed by atoms with Gasteiger partial charge in [-0.1, -0.05) is 30.3 Å². The highest BCUT2D eigenvalue weighted by molar-refractivity contribution is 5.97. The summed E-state index contributed by atoms with van der Waals surface area (Å²) in [6.07, 6.45) is 3.31. The van der Waals surface area contributed by atoms with E-state index in [1.54, 1.807) is 0 Å². The number of nitrogens with zero attached hydrogens (tertiary/aromatic N) is 3. The molecule has 146 valence electrons. The molecule has 5 heteroatoms. The number of imidazole rings is 1. The fraction of sp³-hybridized carbons (Fsp3) is 0.391. The molecule has 1 fully saturated rings. The zero-order chi connectivity index (χ0) is 19.3. The third kappa shape index (κ3) is 4.42. The fourth-order valence-corrected chi connectivity index (χ4v) is 4.00. The van der Waals surface area contributed by atoms with E-state index in [0.717, 1.165) is 74.4 Å². The smallest absolute Gasteiger partial charge is 0.253 e. The third-order valence-corrected chi connectivity index (χ3v) is 5.51. The molecular weight excluding hydrogens is 348 g/mol. The molecule has 0 radical (unpaired) electrons. The molecule has 0 atom stereocenters. The normalized spacial score (nSPS) is 15.7. The van der Waals surface area contributed by atoms with Gasteiger partial charge < -0.3 is 14.8 Å². The molecule has 1 N–H and O–H groups in total. The number of H-pyrrole nitrogens is 1. The van der Waals surface area contributed by atoms with Crippen LogP contribution in [0.4, 0.5) is 0 Å². The molecule has 2 aromatic carbocycles. The lowest BCUT2D eigenvalue weighted by Gasteiger charge is -2.22. The van der Waals surface area contributed by atoms with Crippen molar-refractivity contribution in [3.05, 3.63) is 65.5 Å². The van der Waals surface area contributed by atoms with Crippen molar-refractivity contribution in [2.45, 2.75) is 26.2 Å². The standard InChI is InChI=1S/C23H28N4O/c1-18-24-21-11-10-20(17-22(21)25-18)23(28)27-14-6-13-26(15-16-27)12-5-9-19-7-3-2-4-8-19/h2-4,7-8,10-11,17H,5-6,9,12-16H2,1H3,(H,24,25). The van der Waals surface area contributed by atoms with Crippen LogP contribution in [0.25, 0.3) is 11.0 Å². The average molecular weight is 377 g/mol. The van der Waals surface area contributed by atoms with Gasteiger partial charge in [0, 0.05) is 25.2 Å². The first-order valence-electron chi connectivity index (χ1n) is 10.2. The maximum atomic E-state index is 13.0. The summed E-state index contributed by atoms with van der Waals surface area (Å²) in [4.78, 5) is 25.1. The first kappa shape index (κ1) is 18.7. The molecule has 0 spiro atoms. The summed E-state index contributed by atoms with van der Waals surface area (Å²) in [6.45, 7) is 6.67. The van der Waals surface area contributed by atoms with E-state index in [1.165, 1.54) is 5.56 Å². The van der Waals surface area contributed by atoms with Gasteiger partial charge in [0.15, 0.2) is 0 Å². The number of fused-ring (bicyclic) bond motifs is 1. The van der Waals surface area contributed by atoms with Crippen LogP contribution in [0.1, 0.15) is 34.6 Å². The van der Waals surface area contributed by atoms with Crippen LogP contribution >= 0.6 is 0 Å². The van der Waals surface area contributed by atoms with Crippen molar-refractivity contribution < 1.29 is 4.79 Å². The van der Waals surface area contributed by atoms with Gasteiger partial charge in [-0.25, -0.2) is 4.98 Å². The molecule has 1 amide bonds. The summed E-state index contributed by atoms with van der Waals surface area (Å²) >= 11 is 0. The van der Waals surface area contributed by atoms with Gasteiger partial charge in [0.2, 0.25) is 0 Å². The van der Waals surface area contributed by atoms with Crippen LogP contribution in [0, 0.1) is 6.92 Å². The van der Waals surface area contributed by atoms with Gasteiger partial charge >= 0.3 is 0 Å². The minimum Gasteiger partial charge on any atom is -0.342 e. The number of hydrogen-bond acceptors (Lipinski definition) is 3. The van der Waals surface area contributed by atoms with Crippen molar-refractivity contribution >= 4 is 16.9 Å². The van der Waals surface area contributed by atoms with E-state index in [1.807, 2.05) is 30.0 Å². The largest absolute Gasteiger partial charge is 0.342 e. The second-order valence-corrected chi connectivity index (χ2v) is 7.63. The predicted molar refractivity (Wildman–Crippen MR) is 113 cm³/mol. The van der Waals surface area contributed by atoms with Crippen molar-refractivity contribution in [3.8, 4) is 0 Å². The van der Waals surface area contributed by atoms with Crippen molar-refractivity contribution in [1.82, 2.24) is 19.8 Å². The maximum absolute atomic E-state index is 13.0. The van der Waals surface area contributed by atoms with Gasteiger partial charge in [-0.15, -0.1) is 0 Å². The number of hydrogen-bond donors (Lipinski definition) is 1. The van der Waals surface area contributed by atoms with Gasteiger partial charge in [0.25, 0.3) is 5.91 Å². The van der Waals surface area contributed by atoms with E-state index in [2.05, 4.69) is 45.2 Å². The quantitative estimate of drug-likeness (QED) is 0.739. The summed E-state index contributed by atoms with van der Waals surface area (Å²) in [5.41, 5.74) is 3.99. The molecule has 0 unspecified atom stereocenters. The zero-order valence-electron chi connectivity index (χ0n) is 16.5. The number of benzene rings is 2. The Morgan fingerprint density at radius 1 is 1.07 bits per heavy atom. The van der Waals surface area contributed by atoms with E-state index in [0.29, 0.717) is 0 Å². The monoisotopic (exact) mass is 376 g/mol. The molecule has 1 saturated heterocycles. The Bertz CT molecular complexity index is 934. The van der Waals surface area contributed by atoms with Crippen LogP contribution in [-0.4, -0.2) is 58.4 Å². The van der Waals surface area contributed by atoms with Gasteiger partial charge in [-0.05, 0) is 63.0 Å². The molecule has 28 heavy (non-hydrogen) atoms. The number of rotatable bonds is 5. The molecular formula is C23H28N4O. The molecule has 0 bridgehead atoms. The van der Waals surface area contributed by atoms with E-state index in [4.69, 9.17) is 0 Å². The molecule has 1 aromatic heterocycles. The number of aryl methyl sites for hydroxylation is 2. The number of nitrogens with one attached hydrogen (secondary N) is 1. The Labute approximate surface area is 166 Å². The van der Waals surface area contributed by atoms with Crippen LogP contribution in [0.5, 0.6) is 0 Å². The number of amides is 1. The van der Waals surface area contributed by atoms with Gasteiger partial charge in [0.1, 0.15) is 5.82 Å². The van der Waals surface area contributed by atoms with E-state index in [-0.39, 0.29) is 5.91 Å². The lowest BCUT2D eigenvalue weighted by Crippen LogP contribution is -2.35. The average Bonchev–Trinajstić information content (AvgIpc) is 2.92. The van der Waals surface area contributed by atoms with E-state index < -0.39 is 0 Å². The Morgan fingerprint density at radius 2 is 1.93 bits per heavy atom. The Kier molecular flexibility index (Phi) is 5.72. The minimum atomic E-state index is 0.125. The highest BCUT2D eigenvalue weighted by atomic mass is 16.2. The number of aromatic nitrogens is 2. The second-order valence-electron chi connectivity index (χ2n) is 7.63. The number of aromatic amines is 1. The van der Waals surface area contributed by atoms with Gasteiger partial charge in [0.05, 0.1) is 11.0 Å². The second kappa shape index (κ2) is 8.57. The number of carbonyl (C=O) groups excluding carboxylic acids is 1. The van der Waals surface area contributed by atoms with Crippen molar-refractivity contribution in [3.63, 3.8) is 0 Å². The first-order valence-corrected chi connectivity index (χ1v) is 10.2. The van der Waals surface area contributed by atoms with Crippen LogP contribution < -0.4 is 0 Å². The van der Waals surface area contributed by atoms with Crippen LogP contribution in [-0.2, 0) is 6.42 Å². The van der Waals surface area contributed by atoms with Crippen molar-refractivity contribution in [2.75, 3.05) is 32.7 Å². The predicted octanol–water partition coefficient (Wildman–Crippen LogP) is 3.65. The Morgan fingerprint density at radius 3 is 2.79 bits per heavy atom. The molecule has 4 rings (SSSR count). The molecule has 1 aliphatic heterocycles. The molecule has 0 aliphatic carbocycles. The van der Waals surface area contributed by atoms with Crippen LogP contribution in [0.3, 0.4) is 0 Å². The Hall–Kier alpha value is -2.66. The SMILES string of the molecule is Cc1nc2ccc(C(=O)N3CCCN(CCCc4ccccc4)CC3)cc2[nH]1. The molecule has 5 nitrogen and oxygen atoms in total. The summed E-state index contributed by atoms with van der Waals surface area (Å²) in [5.74, 6) is 1.00. The highest BCUT2D eigenvalue weighted by Crippen LogP contribution is 2.16. The van der Waals surface area contributed by atoms with Crippen molar-refractivity contribution in [1.29, 1.82) is 0 Å². The van der Waals surface area contributed by atoms with E-state index >= 15 is 0 Å². The summed E-state index contributed by atoms with van der Waals surface area (Å²) in [5, 5.41) is 0. The minimum absolute atomic E-state index is 0.125. The fourth-order valence-electron chi connectivity index (χ4n) is 4.00. The Balaban J connectivity index is 1.31. The summed E-state index contributed by atoms with van der Waals surface area (Å²) in [6, 6.07) is 16.4. The van der Waals surface area contributed by atoms with Crippen molar-refractivity contribution in [2.24, 2.45) is 0 Å². The zero-order valence-corrected chi connectivity index (χ0v) is 16.5. The third-order valence-electron chi connectivity index (χ3n) is 5.51. The maximum Gasteiger partial charge on any atom is 0.253 e. The van der Waals surface area contributed by atoms with E-state index in [9.17, 15) is 4.79 Å². The topological polar surface area (TPSA) is 52.2 Å². The lowest BCUT2D eigenvalue weighted by atomic mass is 10.1. The number of carbonyl (C=O) groups is 1. The molecule has 3 aromatic rings. The molecule has 1 aliphatic rings. The summed E-state index contributed by atoms with van der Waals surface area (Å²) < 4.78 is 0. The lowest BCUT2D eigenvalue weighted by molar-refractivity contribution is 0.0761. The van der Waals surface area contributed by atoms with Crippen LogP contribution in [0.15, 0.2) is 48.5 Å². The van der Waals surface area contributed by atoms with Crippen LogP contribution in [0.2, 0.25) is 0 Å². The molecule has 0 saturated carbocycles. The van der Waals surface area contributed by atoms with Gasteiger partial charge in [-0.3, -0.25) is 4.79 Å². The van der Waals surface area contributed by atoms with Gasteiger partial charge in [-0.2, -0.15) is 0 Å².